The molecule has 0 aliphatic rings. The molecular formula is C13H15N3O. The number of ether oxygens (including phenoxy) is 1. The first-order valence-electron chi connectivity index (χ1n) is 5.67. The molecule has 4 heteroatoms. The molecule has 0 radical (unpaired) electrons. The highest BCUT2D eigenvalue weighted by Crippen LogP contribution is 2.17. The fourth-order valence-corrected chi connectivity index (χ4v) is 1.93. The van der Waals surface area contributed by atoms with Crippen molar-refractivity contribution in [1.29, 1.82) is 5.26 Å². The fraction of sp³-hybridized carbons (Fsp3) is 0.385. The Hall–Kier alpha value is -1.86. The molecule has 1 heterocycles. The molecule has 0 saturated carbocycles. The van der Waals surface area contributed by atoms with Crippen LogP contribution in [0, 0.1) is 11.3 Å². The summed E-state index contributed by atoms with van der Waals surface area (Å²) in [5.74, 6) is 0.923. The van der Waals surface area contributed by atoms with Gasteiger partial charge >= 0.3 is 0 Å². The largest absolute Gasteiger partial charge is 0.377 e. The van der Waals surface area contributed by atoms with E-state index in [1.807, 2.05) is 24.3 Å². The third-order valence-corrected chi connectivity index (χ3v) is 2.68. The number of imidazole rings is 1. The van der Waals surface area contributed by atoms with E-state index in [1.165, 1.54) is 0 Å². The zero-order valence-electron chi connectivity index (χ0n) is 9.89. The first-order valence-corrected chi connectivity index (χ1v) is 5.67. The van der Waals surface area contributed by atoms with Crippen molar-refractivity contribution in [3.63, 3.8) is 0 Å². The first kappa shape index (κ1) is 11.6. The highest BCUT2D eigenvalue weighted by molar-refractivity contribution is 5.75. The molecule has 17 heavy (non-hydrogen) atoms. The predicted octanol–water partition coefficient (Wildman–Crippen LogP) is 2.49. The Kier molecular flexibility index (Phi) is 3.73. The van der Waals surface area contributed by atoms with Crippen LogP contribution in [0.4, 0.5) is 0 Å². The number of hydrogen-bond acceptors (Lipinski definition) is 3. The van der Waals surface area contributed by atoms with Gasteiger partial charge in [0.1, 0.15) is 12.4 Å². The van der Waals surface area contributed by atoms with Crippen molar-refractivity contribution >= 4 is 11.0 Å². The lowest BCUT2D eigenvalue weighted by atomic mass is 10.3. The molecule has 0 atom stereocenters. The maximum Gasteiger partial charge on any atom is 0.135 e. The van der Waals surface area contributed by atoms with E-state index in [2.05, 4.69) is 15.6 Å². The van der Waals surface area contributed by atoms with E-state index >= 15 is 0 Å². The van der Waals surface area contributed by atoms with Gasteiger partial charge in [-0.3, -0.25) is 0 Å². The number of aryl methyl sites for hydroxylation is 1. The lowest BCUT2D eigenvalue weighted by molar-refractivity contribution is 0.174. The first-order chi connectivity index (χ1) is 8.36. The van der Waals surface area contributed by atoms with Gasteiger partial charge in [0.05, 0.1) is 17.1 Å². The Labute approximate surface area is 100 Å². The van der Waals surface area contributed by atoms with Crippen LogP contribution < -0.4 is 0 Å². The minimum Gasteiger partial charge on any atom is -0.377 e. The highest BCUT2D eigenvalue weighted by Gasteiger charge is 2.09. The number of fused-ring (bicyclic) bond motifs is 1. The topological polar surface area (TPSA) is 50.8 Å². The second kappa shape index (κ2) is 5.46. The van der Waals surface area contributed by atoms with E-state index in [1.54, 1.807) is 7.11 Å². The number of rotatable bonds is 5. The summed E-state index contributed by atoms with van der Waals surface area (Å²) in [6.07, 6.45) is 1.41. The number of nitriles is 1. The molecular weight excluding hydrogens is 214 g/mol. The zero-order chi connectivity index (χ0) is 12.1. The summed E-state index contributed by atoms with van der Waals surface area (Å²) < 4.78 is 7.29. The standard InChI is InChI=1S/C13H15N3O/c1-17-10-13-15-11-6-2-3-7-12(11)16(13)9-5-4-8-14/h2-3,6-7H,4-5,9-10H2,1H3. The number of unbranched alkanes of at least 4 members (excludes halogenated alkanes) is 1. The minimum absolute atomic E-state index is 0.501. The van der Waals surface area contributed by atoms with Crippen molar-refractivity contribution in [3.8, 4) is 6.07 Å². The van der Waals surface area contributed by atoms with Gasteiger partial charge in [0.15, 0.2) is 0 Å². The van der Waals surface area contributed by atoms with E-state index in [9.17, 15) is 0 Å². The van der Waals surface area contributed by atoms with Gasteiger partial charge in [0.25, 0.3) is 0 Å². The predicted molar refractivity (Wildman–Crippen MR) is 65.3 cm³/mol. The second-order valence-electron chi connectivity index (χ2n) is 3.86. The van der Waals surface area contributed by atoms with Gasteiger partial charge in [-0.25, -0.2) is 4.98 Å². The number of hydrogen-bond donors (Lipinski definition) is 0. The van der Waals surface area contributed by atoms with Crippen LogP contribution in [0.25, 0.3) is 11.0 Å². The number of benzene rings is 1. The quantitative estimate of drug-likeness (QED) is 0.740. The van der Waals surface area contributed by atoms with Gasteiger partial charge < -0.3 is 9.30 Å². The van der Waals surface area contributed by atoms with Crippen LogP contribution in [0.1, 0.15) is 18.7 Å². The third kappa shape index (κ3) is 2.45. The summed E-state index contributed by atoms with van der Waals surface area (Å²) in [6.45, 7) is 1.31. The van der Waals surface area contributed by atoms with Gasteiger partial charge in [-0.2, -0.15) is 5.26 Å². The molecule has 0 saturated heterocycles. The molecule has 0 amide bonds. The summed E-state index contributed by atoms with van der Waals surface area (Å²) in [6, 6.07) is 10.2. The van der Waals surface area contributed by atoms with E-state index < -0.39 is 0 Å². The monoisotopic (exact) mass is 229 g/mol. The summed E-state index contributed by atoms with van der Waals surface area (Å²) in [5.41, 5.74) is 2.09. The van der Waals surface area contributed by atoms with Crippen molar-refractivity contribution < 1.29 is 4.74 Å². The number of para-hydroxylation sites is 2. The molecule has 0 spiro atoms. The molecule has 0 aliphatic heterocycles. The average Bonchev–Trinajstić information content (AvgIpc) is 2.69. The van der Waals surface area contributed by atoms with E-state index in [-0.39, 0.29) is 0 Å². The molecule has 0 N–H and O–H groups in total. The van der Waals surface area contributed by atoms with Gasteiger partial charge in [0, 0.05) is 20.1 Å². The zero-order valence-corrected chi connectivity index (χ0v) is 9.89. The van der Waals surface area contributed by atoms with Crippen molar-refractivity contribution in [3.05, 3.63) is 30.1 Å². The Morgan fingerprint density at radius 2 is 2.24 bits per heavy atom. The summed E-state index contributed by atoms with van der Waals surface area (Å²) in [7, 11) is 1.67. The van der Waals surface area contributed by atoms with E-state index in [0.29, 0.717) is 13.0 Å². The number of methoxy groups -OCH3 is 1. The van der Waals surface area contributed by atoms with Crippen molar-refractivity contribution in [2.45, 2.75) is 26.0 Å². The number of aromatic nitrogens is 2. The Morgan fingerprint density at radius 1 is 1.41 bits per heavy atom. The highest BCUT2D eigenvalue weighted by atomic mass is 16.5. The van der Waals surface area contributed by atoms with E-state index in [0.717, 1.165) is 29.8 Å². The van der Waals surface area contributed by atoms with Crippen LogP contribution >= 0.6 is 0 Å². The van der Waals surface area contributed by atoms with Gasteiger partial charge in [-0.05, 0) is 18.6 Å². The third-order valence-electron chi connectivity index (χ3n) is 2.68. The average molecular weight is 229 g/mol. The molecule has 4 nitrogen and oxygen atoms in total. The molecule has 1 aromatic heterocycles. The Morgan fingerprint density at radius 3 is 3.00 bits per heavy atom. The normalized spacial score (nSPS) is 10.6. The SMILES string of the molecule is COCc1nc2ccccc2n1CCCC#N. The summed E-state index contributed by atoms with van der Waals surface area (Å²) in [5, 5.41) is 8.58. The molecule has 2 rings (SSSR count). The number of nitrogens with zero attached hydrogens (tertiary/aromatic N) is 3. The fourth-order valence-electron chi connectivity index (χ4n) is 1.93. The lowest BCUT2D eigenvalue weighted by Gasteiger charge is -2.06. The van der Waals surface area contributed by atoms with Crippen LogP contribution in [0.2, 0.25) is 0 Å². The van der Waals surface area contributed by atoms with Crippen LogP contribution in [-0.4, -0.2) is 16.7 Å². The van der Waals surface area contributed by atoms with Gasteiger partial charge in [-0.1, -0.05) is 12.1 Å². The second-order valence-corrected chi connectivity index (χ2v) is 3.86. The Balaban J connectivity index is 2.34. The Bertz CT molecular complexity index is 539. The van der Waals surface area contributed by atoms with Gasteiger partial charge in [0.2, 0.25) is 0 Å². The van der Waals surface area contributed by atoms with Crippen molar-refractivity contribution in [2.75, 3.05) is 7.11 Å². The lowest BCUT2D eigenvalue weighted by Crippen LogP contribution is -2.04. The van der Waals surface area contributed by atoms with Crippen LogP contribution in [-0.2, 0) is 17.9 Å². The minimum atomic E-state index is 0.501. The smallest absolute Gasteiger partial charge is 0.135 e. The molecule has 2 aromatic rings. The summed E-state index contributed by atoms with van der Waals surface area (Å²) >= 11 is 0. The molecule has 0 aliphatic carbocycles. The van der Waals surface area contributed by atoms with E-state index in [4.69, 9.17) is 10.00 Å². The molecule has 88 valence electrons. The molecule has 1 aromatic carbocycles. The maximum absolute atomic E-state index is 8.58. The van der Waals surface area contributed by atoms with Gasteiger partial charge in [-0.15, -0.1) is 0 Å². The van der Waals surface area contributed by atoms with Crippen molar-refractivity contribution in [1.82, 2.24) is 9.55 Å². The summed E-state index contributed by atoms with van der Waals surface area (Å²) in [4.78, 5) is 4.54. The van der Waals surface area contributed by atoms with Crippen LogP contribution in [0.15, 0.2) is 24.3 Å². The van der Waals surface area contributed by atoms with Crippen LogP contribution in [0.3, 0.4) is 0 Å². The maximum atomic E-state index is 8.58. The van der Waals surface area contributed by atoms with Crippen LogP contribution in [0.5, 0.6) is 0 Å². The molecule has 0 fully saturated rings. The molecule has 0 bridgehead atoms. The van der Waals surface area contributed by atoms with Crippen molar-refractivity contribution in [2.24, 2.45) is 0 Å². The molecule has 0 unspecified atom stereocenters.